The van der Waals surface area contributed by atoms with Gasteiger partial charge in [0.1, 0.15) is 10.6 Å². The number of hydrogen-bond donors (Lipinski definition) is 2. The minimum absolute atomic E-state index is 0. The lowest BCUT2D eigenvalue weighted by Gasteiger charge is -2.15. The van der Waals surface area contributed by atoms with Crippen LogP contribution in [-0.2, 0) is 11.2 Å². The Hall–Kier alpha value is -2.23. The second kappa shape index (κ2) is 10.00. The van der Waals surface area contributed by atoms with Crippen LogP contribution < -0.4 is 5.32 Å². The van der Waals surface area contributed by atoms with Gasteiger partial charge in [0, 0.05) is 30.1 Å². The fourth-order valence-electron chi connectivity index (χ4n) is 2.24. The molecule has 0 fully saturated rings. The Balaban J connectivity index is 0.00000300. The summed E-state index contributed by atoms with van der Waals surface area (Å²) >= 11 is 2.68. The number of carboxylic acid groups (broad SMARTS) is 1. The van der Waals surface area contributed by atoms with Crippen LogP contribution in [-0.4, -0.2) is 37.3 Å². The third-order valence-electron chi connectivity index (χ3n) is 3.85. The van der Waals surface area contributed by atoms with E-state index in [0.717, 1.165) is 15.6 Å². The predicted octanol–water partition coefficient (Wildman–Crippen LogP) is 4.77. The van der Waals surface area contributed by atoms with Crippen LogP contribution in [0.5, 0.6) is 0 Å². The molecular formula is C19H20ClFN4O2S2. The number of thiazole rings is 1. The van der Waals surface area contributed by atoms with Gasteiger partial charge in [0.05, 0.1) is 11.4 Å². The first kappa shape index (κ1) is 23.1. The maximum Gasteiger partial charge on any atom is 0.319 e. The van der Waals surface area contributed by atoms with Crippen LogP contribution in [0.3, 0.4) is 0 Å². The lowest BCUT2D eigenvalue weighted by molar-refractivity contribution is -0.138. The molecule has 2 N–H and O–H groups in total. The molecule has 0 amide bonds. The number of nitrogens with one attached hydrogen (secondary N) is 1. The van der Waals surface area contributed by atoms with E-state index >= 15 is 0 Å². The van der Waals surface area contributed by atoms with Crippen molar-refractivity contribution in [1.82, 2.24) is 15.0 Å². The molecule has 29 heavy (non-hydrogen) atoms. The zero-order chi connectivity index (χ0) is 20.1. The zero-order valence-corrected chi connectivity index (χ0v) is 18.2. The molecule has 0 radical (unpaired) electrons. The first-order chi connectivity index (χ1) is 13.3. The molecule has 0 saturated carbocycles. The topological polar surface area (TPSA) is 88.0 Å². The van der Waals surface area contributed by atoms with Crippen LogP contribution >= 0.6 is 35.5 Å². The highest BCUT2D eigenvalue weighted by molar-refractivity contribution is 8.02. The Morgan fingerprint density at radius 3 is 2.66 bits per heavy atom. The summed E-state index contributed by atoms with van der Waals surface area (Å²) in [5.41, 5.74) is 2.41. The first-order valence-electron chi connectivity index (χ1n) is 8.53. The number of hydrogen-bond acceptors (Lipinski definition) is 7. The lowest BCUT2D eigenvalue weighted by Crippen LogP contribution is -2.26. The van der Waals surface area contributed by atoms with Gasteiger partial charge >= 0.3 is 5.97 Å². The summed E-state index contributed by atoms with van der Waals surface area (Å²) in [5.74, 6) is -0.670. The van der Waals surface area contributed by atoms with E-state index in [1.54, 1.807) is 38.2 Å². The molecule has 2 aromatic heterocycles. The number of carboxylic acids is 1. The van der Waals surface area contributed by atoms with Crippen molar-refractivity contribution < 1.29 is 14.3 Å². The molecule has 6 nitrogen and oxygen atoms in total. The van der Waals surface area contributed by atoms with E-state index in [9.17, 15) is 14.3 Å². The van der Waals surface area contributed by atoms with E-state index in [0.29, 0.717) is 24.6 Å². The molecule has 10 heteroatoms. The molecule has 0 spiro atoms. The van der Waals surface area contributed by atoms with Crippen molar-refractivity contribution in [2.75, 3.05) is 11.9 Å². The van der Waals surface area contributed by atoms with Gasteiger partial charge in [0.15, 0.2) is 4.34 Å². The number of benzene rings is 1. The molecule has 0 aliphatic heterocycles. The van der Waals surface area contributed by atoms with Crippen molar-refractivity contribution >= 4 is 47.4 Å². The van der Waals surface area contributed by atoms with E-state index in [1.165, 1.54) is 35.2 Å². The van der Waals surface area contributed by atoms with Gasteiger partial charge in [-0.3, -0.25) is 4.79 Å². The van der Waals surface area contributed by atoms with Gasteiger partial charge < -0.3 is 10.4 Å². The third kappa shape index (κ3) is 6.38. The summed E-state index contributed by atoms with van der Waals surface area (Å²) in [6.07, 6.45) is 2.31. The van der Waals surface area contributed by atoms with E-state index in [4.69, 9.17) is 0 Å². The van der Waals surface area contributed by atoms with Gasteiger partial charge in [-0.2, -0.15) is 0 Å². The minimum Gasteiger partial charge on any atom is -0.480 e. The van der Waals surface area contributed by atoms with E-state index in [-0.39, 0.29) is 18.2 Å². The predicted molar refractivity (Wildman–Crippen MR) is 117 cm³/mol. The highest BCUT2D eigenvalue weighted by Crippen LogP contribution is 2.34. The summed E-state index contributed by atoms with van der Waals surface area (Å²) in [7, 11) is 0. The summed E-state index contributed by atoms with van der Waals surface area (Å²) in [6, 6.07) is 7.91. The van der Waals surface area contributed by atoms with Crippen LogP contribution in [0.15, 0.2) is 46.2 Å². The molecule has 0 aliphatic carbocycles. The molecule has 154 valence electrons. The molecule has 3 rings (SSSR count). The molecule has 0 aliphatic rings. The molecule has 0 unspecified atom stereocenters. The minimum atomic E-state index is -0.915. The SMILES string of the molecule is CC(C)(Sc1nc(CCNc2nccc(-c3ccc(F)cc3)n2)cs1)C(=O)O.Cl. The molecule has 2 heterocycles. The Kier molecular flexibility index (Phi) is 7.95. The zero-order valence-electron chi connectivity index (χ0n) is 15.8. The maximum atomic E-state index is 13.1. The number of anilines is 1. The van der Waals surface area contributed by atoms with Gasteiger partial charge in [-0.15, -0.1) is 23.7 Å². The fraction of sp³-hybridized carbons (Fsp3) is 0.263. The van der Waals surface area contributed by atoms with Crippen molar-refractivity contribution in [2.24, 2.45) is 0 Å². The van der Waals surface area contributed by atoms with Crippen molar-refractivity contribution in [3.63, 3.8) is 0 Å². The number of thioether (sulfide) groups is 1. The number of aromatic nitrogens is 3. The van der Waals surface area contributed by atoms with Crippen LogP contribution in [0, 0.1) is 5.82 Å². The van der Waals surface area contributed by atoms with Gasteiger partial charge in [0.2, 0.25) is 5.95 Å². The number of aliphatic carboxylic acids is 1. The average molecular weight is 455 g/mol. The average Bonchev–Trinajstić information content (AvgIpc) is 3.09. The van der Waals surface area contributed by atoms with Gasteiger partial charge in [0.25, 0.3) is 0 Å². The van der Waals surface area contributed by atoms with E-state index in [2.05, 4.69) is 20.3 Å². The van der Waals surface area contributed by atoms with Crippen LogP contribution in [0.25, 0.3) is 11.3 Å². The Morgan fingerprint density at radius 1 is 1.24 bits per heavy atom. The monoisotopic (exact) mass is 454 g/mol. The van der Waals surface area contributed by atoms with Crippen LogP contribution in [0.4, 0.5) is 10.3 Å². The standard InChI is InChI=1S/C19H19FN4O2S2.ClH/c1-19(2,16(25)26)28-18-23-14(11-27-18)7-9-21-17-22-10-8-15(24-17)12-3-5-13(20)6-4-12;/h3-6,8,10-11H,7,9H2,1-2H3,(H,25,26)(H,21,22,24);1H. The molecular weight excluding hydrogens is 435 g/mol. The highest BCUT2D eigenvalue weighted by Gasteiger charge is 2.29. The van der Waals surface area contributed by atoms with Crippen LogP contribution in [0.2, 0.25) is 0 Å². The number of nitrogens with zero attached hydrogens (tertiary/aromatic N) is 3. The Morgan fingerprint density at radius 2 is 1.97 bits per heavy atom. The van der Waals surface area contributed by atoms with E-state index in [1.807, 2.05) is 5.38 Å². The van der Waals surface area contributed by atoms with E-state index < -0.39 is 10.7 Å². The molecule has 1 aromatic carbocycles. The summed E-state index contributed by atoms with van der Waals surface area (Å²) in [6.45, 7) is 3.91. The van der Waals surface area contributed by atoms with Crippen molar-refractivity contribution in [1.29, 1.82) is 0 Å². The first-order valence-corrected chi connectivity index (χ1v) is 10.2. The Bertz CT molecular complexity index is 967. The quantitative estimate of drug-likeness (QED) is 0.474. The maximum absolute atomic E-state index is 13.1. The Labute approximate surface area is 182 Å². The molecule has 3 aromatic rings. The normalized spacial score (nSPS) is 11.0. The number of rotatable bonds is 8. The van der Waals surface area contributed by atoms with Crippen molar-refractivity contribution in [2.45, 2.75) is 29.4 Å². The molecule has 0 saturated heterocycles. The highest BCUT2D eigenvalue weighted by atomic mass is 35.5. The second-order valence-corrected chi connectivity index (χ2v) is 9.20. The molecule has 0 bridgehead atoms. The van der Waals surface area contributed by atoms with Crippen molar-refractivity contribution in [3.8, 4) is 11.3 Å². The lowest BCUT2D eigenvalue weighted by atomic mass is 10.1. The fourth-order valence-corrected chi connectivity index (χ4v) is 4.47. The smallest absolute Gasteiger partial charge is 0.319 e. The van der Waals surface area contributed by atoms with Gasteiger partial charge in [-0.25, -0.2) is 19.3 Å². The van der Waals surface area contributed by atoms with Gasteiger partial charge in [-0.1, -0.05) is 11.8 Å². The number of halogens is 2. The molecule has 0 atom stereocenters. The number of carbonyl (C=O) groups is 1. The summed E-state index contributed by atoms with van der Waals surface area (Å²) < 4.78 is 12.9. The van der Waals surface area contributed by atoms with Gasteiger partial charge in [-0.05, 0) is 44.2 Å². The summed E-state index contributed by atoms with van der Waals surface area (Å²) in [5, 5.41) is 14.3. The second-order valence-electron chi connectivity index (χ2n) is 6.47. The third-order valence-corrected chi connectivity index (χ3v) is 6.02. The summed E-state index contributed by atoms with van der Waals surface area (Å²) in [4.78, 5) is 24.4. The largest absolute Gasteiger partial charge is 0.480 e. The van der Waals surface area contributed by atoms with Crippen LogP contribution in [0.1, 0.15) is 19.5 Å². The van der Waals surface area contributed by atoms with Crippen molar-refractivity contribution in [3.05, 3.63) is 53.4 Å².